The Morgan fingerprint density at radius 1 is 1.18 bits per heavy atom. The number of nitrogens with zero attached hydrogens (tertiary/aromatic N) is 4. The molecule has 3 heterocycles. The van der Waals surface area contributed by atoms with Crippen LogP contribution in [0.15, 0.2) is 30.6 Å². The highest BCUT2D eigenvalue weighted by atomic mass is 16.6. The molecule has 3 aromatic rings. The summed E-state index contributed by atoms with van der Waals surface area (Å²) in [5.74, 6) is 1.14. The maximum Gasteiger partial charge on any atom is 0.167 e. The molecule has 0 bridgehead atoms. The second-order valence-electron chi connectivity index (χ2n) is 6.62. The number of anilines is 2. The molecule has 10 nitrogen and oxygen atoms in total. The number of hydrogen-bond acceptors (Lipinski definition) is 9. The molecule has 0 aliphatic carbocycles. The summed E-state index contributed by atoms with van der Waals surface area (Å²) in [4.78, 5) is 13.2. The molecule has 0 amide bonds. The predicted octanol–water partition coefficient (Wildman–Crippen LogP) is 0.850. The molecular formula is C18H21N5O5. The molecule has 28 heavy (non-hydrogen) atoms. The Balaban J connectivity index is 1.70. The Hall–Kier alpha value is -2.79. The normalized spacial score (nSPS) is 24.7. The fraction of sp³-hybridized carbons (Fsp3) is 0.389. The van der Waals surface area contributed by atoms with Gasteiger partial charge in [-0.3, -0.25) is 4.57 Å². The van der Waals surface area contributed by atoms with Crippen LogP contribution in [-0.2, 0) is 9.47 Å². The van der Waals surface area contributed by atoms with E-state index in [9.17, 15) is 15.3 Å². The van der Waals surface area contributed by atoms with E-state index in [1.807, 2.05) is 0 Å². The molecule has 0 spiro atoms. The third-order valence-corrected chi connectivity index (χ3v) is 4.61. The van der Waals surface area contributed by atoms with Gasteiger partial charge in [-0.1, -0.05) is 0 Å². The Kier molecular flexibility index (Phi) is 4.85. The van der Waals surface area contributed by atoms with Gasteiger partial charge in [-0.2, -0.15) is 0 Å². The minimum Gasteiger partial charge on any atom is -0.508 e. The molecule has 1 saturated heterocycles. The van der Waals surface area contributed by atoms with Crippen molar-refractivity contribution in [2.45, 2.75) is 31.5 Å². The van der Waals surface area contributed by atoms with Crippen LogP contribution >= 0.6 is 0 Å². The Bertz CT molecular complexity index is 976. The fourth-order valence-corrected chi connectivity index (χ4v) is 3.24. The highest BCUT2D eigenvalue weighted by molar-refractivity contribution is 5.85. The summed E-state index contributed by atoms with van der Waals surface area (Å²) in [6, 6.07) is 6.55. The lowest BCUT2D eigenvalue weighted by Crippen LogP contribution is -2.33. The van der Waals surface area contributed by atoms with Crippen LogP contribution in [-0.4, -0.2) is 66.9 Å². The second-order valence-corrected chi connectivity index (χ2v) is 6.62. The molecule has 1 fully saturated rings. The third kappa shape index (κ3) is 3.27. The van der Waals surface area contributed by atoms with Crippen LogP contribution < -0.4 is 5.32 Å². The summed E-state index contributed by atoms with van der Waals surface area (Å²) in [5, 5.41) is 33.2. The zero-order valence-electron chi connectivity index (χ0n) is 15.4. The van der Waals surface area contributed by atoms with Crippen LogP contribution in [0.4, 0.5) is 11.5 Å². The van der Waals surface area contributed by atoms with Crippen LogP contribution in [0.25, 0.3) is 11.2 Å². The summed E-state index contributed by atoms with van der Waals surface area (Å²) >= 11 is 0. The lowest BCUT2D eigenvalue weighted by Gasteiger charge is -2.17. The quantitative estimate of drug-likeness (QED) is 0.470. The Morgan fingerprint density at radius 3 is 2.64 bits per heavy atom. The van der Waals surface area contributed by atoms with Gasteiger partial charge in [0, 0.05) is 12.8 Å². The number of hydrogen-bond donors (Lipinski definition) is 4. The van der Waals surface area contributed by atoms with E-state index in [-0.39, 0.29) is 12.4 Å². The molecule has 4 rings (SSSR count). The number of phenols is 1. The number of aromatic hydroxyl groups is 1. The van der Waals surface area contributed by atoms with Crippen molar-refractivity contribution in [2.75, 3.05) is 19.0 Å². The molecule has 148 valence electrons. The maximum absolute atomic E-state index is 10.4. The van der Waals surface area contributed by atoms with Gasteiger partial charge in [0.15, 0.2) is 23.2 Å². The second kappa shape index (κ2) is 7.32. The van der Waals surface area contributed by atoms with Crippen molar-refractivity contribution in [2.24, 2.45) is 0 Å². The van der Waals surface area contributed by atoms with Crippen molar-refractivity contribution in [3.05, 3.63) is 36.4 Å². The summed E-state index contributed by atoms with van der Waals surface area (Å²) < 4.78 is 12.4. The largest absolute Gasteiger partial charge is 0.508 e. The average Bonchev–Trinajstić information content (AvgIpc) is 3.20. The number of phenolic OH excluding ortho intramolecular Hbond substituents is 1. The first kappa shape index (κ1) is 18.6. The first-order chi connectivity index (χ1) is 13.5. The van der Waals surface area contributed by atoms with Crippen molar-refractivity contribution in [3.8, 4) is 5.75 Å². The van der Waals surface area contributed by atoms with Gasteiger partial charge in [0.1, 0.15) is 29.9 Å². The number of imidazole rings is 1. The SMILES string of the molecule is COC[C@H]1O[C@@H](n2cnc3c(Nc4ccc(O)cc4)nc(C)nc32)C(O)C1O. The number of aliphatic hydroxyl groups excluding tert-OH is 2. The van der Waals surface area contributed by atoms with E-state index in [1.54, 1.807) is 35.8 Å². The van der Waals surface area contributed by atoms with E-state index in [0.717, 1.165) is 5.69 Å². The van der Waals surface area contributed by atoms with Gasteiger partial charge in [0.05, 0.1) is 12.9 Å². The lowest BCUT2D eigenvalue weighted by atomic mass is 10.1. The molecule has 1 aliphatic rings. The third-order valence-electron chi connectivity index (χ3n) is 4.61. The topological polar surface area (TPSA) is 135 Å². The average molecular weight is 387 g/mol. The van der Waals surface area contributed by atoms with Gasteiger partial charge in [-0.05, 0) is 31.2 Å². The number of rotatable bonds is 5. The number of aliphatic hydroxyl groups is 2. The first-order valence-electron chi connectivity index (χ1n) is 8.75. The van der Waals surface area contributed by atoms with Gasteiger partial charge < -0.3 is 30.1 Å². The number of methoxy groups -OCH3 is 1. The van der Waals surface area contributed by atoms with E-state index < -0.39 is 24.5 Å². The highest BCUT2D eigenvalue weighted by Gasteiger charge is 2.44. The van der Waals surface area contributed by atoms with Crippen molar-refractivity contribution >= 4 is 22.7 Å². The van der Waals surface area contributed by atoms with E-state index in [0.29, 0.717) is 22.8 Å². The maximum atomic E-state index is 10.4. The van der Waals surface area contributed by atoms with Gasteiger partial charge in [-0.25, -0.2) is 15.0 Å². The van der Waals surface area contributed by atoms with E-state index >= 15 is 0 Å². The summed E-state index contributed by atoms with van der Waals surface area (Å²) in [6.07, 6.45) is -2.24. The van der Waals surface area contributed by atoms with Gasteiger partial charge in [-0.15, -0.1) is 0 Å². The molecule has 10 heteroatoms. The Morgan fingerprint density at radius 2 is 1.93 bits per heavy atom. The van der Waals surface area contributed by atoms with Gasteiger partial charge >= 0.3 is 0 Å². The van der Waals surface area contributed by atoms with Crippen LogP contribution in [0.5, 0.6) is 5.75 Å². The monoisotopic (exact) mass is 387 g/mol. The number of nitrogens with one attached hydrogen (secondary N) is 1. The van der Waals surface area contributed by atoms with Crippen LogP contribution in [0.2, 0.25) is 0 Å². The molecule has 2 unspecified atom stereocenters. The number of benzene rings is 1. The van der Waals surface area contributed by atoms with Crippen molar-refractivity contribution in [3.63, 3.8) is 0 Å². The molecule has 1 aliphatic heterocycles. The highest BCUT2D eigenvalue weighted by Crippen LogP contribution is 2.33. The zero-order chi connectivity index (χ0) is 19.8. The molecule has 4 N–H and O–H groups in total. The first-order valence-corrected chi connectivity index (χ1v) is 8.75. The molecule has 0 saturated carbocycles. The number of ether oxygens (including phenoxy) is 2. The minimum absolute atomic E-state index is 0.156. The predicted molar refractivity (Wildman–Crippen MR) is 99.2 cm³/mol. The van der Waals surface area contributed by atoms with Crippen molar-refractivity contribution in [1.29, 1.82) is 0 Å². The standard InChI is InChI=1S/C18H21N5O5/c1-9-20-16(22-10-3-5-11(24)6-4-10)13-17(21-9)23(8-19-13)18-15(26)14(25)12(28-18)7-27-2/h3-6,8,12,14-15,18,24-26H,7H2,1-2H3,(H,20,21,22)/t12-,14?,15?,18-/m1/s1. The summed E-state index contributed by atoms with van der Waals surface area (Å²) in [7, 11) is 1.50. The number of aryl methyl sites for hydroxylation is 1. The molecule has 0 radical (unpaired) electrons. The molecule has 2 aromatic heterocycles. The van der Waals surface area contributed by atoms with E-state index in [4.69, 9.17) is 9.47 Å². The zero-order valence-corrected chi connectivity index (χ0v) is 15.4. The molecular weight excluding hydrogens is 366 g/mol. The van der Waals surface area contributed by atoms with Gasteiger partial charge in [0.25, 0.3) is 0 Å². The van der Waals surface area contributed by atoms with E-state index in [1.165, 1.54) is 13.4 Å². The summed E-state index contributed by atoms with van der Waals surface area (Å²) in [6.45, 7) is 1.90. The Labute approximate surface area is 160 Å². The van der Waals surface area contributed by atoms with Crippen LogP contribution in [0, 0.1) is 6.92 Å². The lowest BCUT2D eigenvalue weighted by molar-refractivity contribution is -0.0580. The number of aromatic nitrogens is 4. The van der Waals surface area contributed by atoms with E-state index in [2.05, 4.69) is 20.3 Å². The molecule has 4 atom stereocenters. The van der Waals surface area contributed by atoms with Crippen LogP contribution in [0.1, 0.15) is 12.1 Å². The minimum atomic E-state index is -1.15. The van der Waals surface area contributed by atoms with Crippen molar-refractivity contribution in [1.82, 2.24) is 19.5 Å². The smallest absolute Gasteiger partial charge is 0.167 e. The van der Waals surface area contributed by atoms with Crippen LogP contribution in [0.3, 0.4) is 0 Å². The number of fused-ring (bicyclic) bond motifs is 1. The summed E-state index contributed by atoms with van der Waals surface area (Å²) in [5.41, 5.74) is 1.67. The van der Waals surface area contributed by atoms with Crippen molar-refractivity contribution < 1.29 is 24.8 Å². The molecule has 1 aromatic carbocycles. The fourth-order valence-electron chi connectivity index (χ4n) is 3.24. The van der Waals surface area contributed by atoms with Gasteiger partial charge in [0.2, 0.25) is 0 Å².